The molecular weight excluding hydrogens is 448 g/mol. The number of carbonyl (C=O) groups excluding carboxylic acids is 1. The molecule has 162 valence electrons. The topological polar surface area (TPSA) is 72.3 Å². The Morgan fingerprint density at radius 3 is 2.42 bits per heavy atom. The lowest BCUT2D eigenvalue weighted by atomic mass is 9.84. The average Bonchev–Trinajstić information content (AvgIpc) is 3.35. The fraction of sp³-hybridized carbons (Fsp3) is 0.238. The van der Waals surface area contributed by atoms with Crippen LogP contribution in [0.2, 0.25) is 5.02 Å². The average molecular weight is 466 g/mol. The first kappa shape index (κ1) is 21.6. The third kappa shape index (κ3) is 4.26. The van der Waals surface area contributed by atoms with Gasteiger partial charge in [-0.05, 0) is 35.9 Å². The molecule has 6 nitrogen and oxygen atoms in total. The van der Waals surface area contributed by atoms with Gasteiger partial charge in [0.2, 0.25) is 0 Å². The second kappa shape index (κ2) is 8.14. The molecule has 0 amide bonds. The Labute approximate surface area is 183 Å². The molecule has 2 heterocycles. The molecule has 0 spiro atoms. The molecule has 0 saturated carbocycles. The van der Waals surface area contributed by atoms with Gasteiger partial charge < -0.3 is 4.57 Å². The summed E-state index contributed by atoms with van der Waals surface area (Å²) >= 11 is 5.90. The number of imidazole rings is 1. The summed E-state index contributed by atoms with van der Waals surface area (Å²) in [6.45, 7) is -0.113. The highest BCUT2D eigenvalue weighted by atomic mass is 35.5. The van der Waals surface area contributed by atoms with E-state index in [9.17, 15) is 22.0 Å². The van der Waals surface area contributed by atoms with Crippen LogP contribution >= 0.6 is 11.6 Å². The van der Waals surface area contributed by atoms with Crippen molar-refractivity contribution in [1.82, 2.24) is 13.9 Å². The molecule has 0 aliphatic carbocycles. The maximum absolute atomic E-state index is 13.8. The number of ketones is 1. The van der Waals surface area contributed by atoms with Gasteiger partial charge in [-0.2, -0.15) is 4.31 Å². The largest absolute Gasteiger partial charge is 0.339 e. The first-order valence-corrected chi connectivity index (χ1v) is 11.2. The van der Waals surface area contributed by atoms with E-state index in [4.69, 9.17) is 11.6 Å². The van der Waals surface area contributed by atoms with Gasteiger partial charge in [0, 0.05) is 48.8 Å². The number of rotatable bonds is 5. The standard InChI is InChI=1S/C21H18ClF2N3O3S/c1-26-11-20(25-12-26)31(29,30)27-9-18(13-2-4-16(23)5-3-13)19(10-27)21(28)14-6-15(22)8-17(24)7-14/h2-8,11-12,18-19H,9-10H2,1H3/t18-,19+/m1/s1. The molecule has 4 rings (SSSR count). The minimum atomic E-state index is -3.96. The van der Waals surface area contributed by atoms with Gasteiger partial charge >= 0.3 is 0 Å². The zero-order chi connectivity index (χ0) is 22.3. The van der Waals surface area contributed by atoms with E-state index < -0.39 is 39.3 Å². The first-order valence-electron chi connectivity index (χ1n) is 9.39. The summed E-state index contributed by atoms with van der Waals surface area (Å²) in [6.07, 6.45) is 2.75. The van der Waals surface area contributed by atoms with Gasteiger partial charge in [0.1, 0.15) is 11.6 Å². The van der Waals surface area contributed by atoms with Crippen LogP contribution in [0.5, 0.6) is 0 Å². The highest BCUT2D eigenvalue weighted by Gasteiger charge is 2.44. The van der Waals surface area contributed by atoms with Gasteiger partial charge in [-0.1, -0.05) is 23.7 Å². The molecule has 1 aliphatic rings. The Hall–Kier alpha value is -2.62. The van der Waals surface area contributed by atoms with Crippen LogP contribution in [0, 0.1) is 17.6 Å². The molecule has 1 saturated heterocycles. The number of aromatic nitrogens is 2. The molecular formula is C21H18ClF2N3O3S. The van der Waals surface area contributed by atoms with E-state index in [0.717, 1.165) is 12.1 Å². The molecule has 10 heteroatoms. The van der Waals surface area contributed by atoms with Gasteiger partial charge in [-0.25, -0.2) is 22.2 Å². The maximum atomic E-state index is 13.8. The van der Waals surface area contributed by atoms with Crippen molar-refractivity contribution < 1.29 is 22.0 Å². The van der Waals surface area contributed by atoms with E-state index in [2.05, 4.69) is 4.98 Å². The molecule has 31 heavy (non-hydrogen) atoms. The summed E-state index contributed by atoms with van der Waals surface area (Å²) in [5, 5.41) is -0.0626. The molecule has 1 aliphatic heterocycles. The number of hydrogen-bond acceptors (Lipinski definition) is 4. The molecule has 0 radical (unpaired) electrons. The number of benzene rings is 2. The minimum absolute atomic E-state index is 0.00396. The molecule has 1 aromatic heterocycles. The summed E-state index contributed by atoms with van der Waals surface area (Å²) < 4.78 is 56.1. The van der Waals surface area contributed by atoms with E-state index in [-0.39, 0.29) is 28.7 Å². The maximum Gasteiger partial charge on any atom is 0.262 e. The van der Waals surface area contributed by atoms with Gasteiger partial charge in [0.05, 0.1) is 6.33 Å². The van der Waals surface area contributed by atoms with Crippen LogP contribution in [0.4, 0.5) is 8.78 Å². The number of aryl methyl sites for hydroxylation is 1. The number of carbonyl (C=O) groups is 1. The summed E-state index contributed by atoms with van der Waals surface area (Å²) in [7, 11) is -2.31. The van der Waals surface area contributed by atoms with Crippen molar-refractivity contribution >= 4 is 27.4 Å². The lowest BCUT2D eigenvalue weighted by molar-refractivity contribution is 0.0917. The number of Topliss-reactive ketones (excluding diaryl/α,β-unsaturated/α-hetero) is 1. The van der Waals surface area contributed by atoms with E-state index in [1.54, 1.807) is 7.05 Å². The lowest BCUT2D eigenvalue weighted by Crippen LogP contribution is -2.30. The summed E-state index contributed by atoms with van der Waals surface area (Å²) in [4.78, 5) is 17.2. The van der Waals surface area contributed by atoms with E-state index in [0.29, 0.717) is 5.56 Å². The fourth-order valence-corrected chi connectivity index (χ4v) is 5.52. The Morgan fingerprint density at radius 2 is 1.81 bits per heavy atom. The minimum Gasteiger partial charge on any atom is -0.339 e. The molecule has 2 atom stereocenters. The van der Waals surface area contributed by atoms with E-state index >= 15 is 0 Å². The van der Waals surface area contributed by atoms with Crippen molar-refractivity contribution in [3.63, 3.8) is 0 Å². The molecule has 0 unspecified atom stereocenters. The van der Waals surface area contributed by atoms with E-state index in [1.165, 1.54) is 51.7 Å². The highest BCUT2D eigenvalue weighted by Crippen LogP contribution is 2.37. The van der Waals surface area contributed by atoms with Crippen LogP contribution in [0.25, 0.3) is 0 Å². The van der Waals surface area contributed by atoms with Crippen molar-refractivity contribution in [1.29, 1.82) is 0 Å². The van der Waals surface area contributed by atoms with Gasteiger partial charge in [-0.15, -0.1) is 0 Å². The second-order valence-electron chi connectivity index (χ2n) is 7.49. The lowest BCUT2D eigenvalue weighted by Gasteiger charge is -2.18. The second-order valence-corrected chi connectivity index (χ2v) is 9.81. The van der Waals surface area contributed by atoms with Crippen molar-refractivity contribution in [2.75, 3.05) is 13.1 Å². The van der Waals surface area contributed by atoms with Crippen molar-refractivity contribution in [3.8, 4) is 0 Å². The van der Waals surface area contributed by atoms with Crippen LogP contribution in [0.1, 0.15) is 21.8 Å². The molecule has 3 aromatic rings. The summed E-state index contributed by atoms with van der Waals surface area (Å²) in [5.41, 5.74) is 0.667. The number of halogens is 3. The van der Waals surface area contributed by atoms with Crippen LogP contribution < -0.4 is 0 Å². The third-order valence-electron chi connectivity index (χ3n) is 5.35. The molecule has 0 bridgehead atoms. The van der Waals surface area contributed by atoms with Gasteiger partial charge in [-0.3, -0.25) is 4.79 Å². The van der Waals surface area contributed by atoms with Crippen molar-refractivity contribution in [2.24, 2.45) is 13.0 Å². The summed E-state index contributed by atoms with van der Waals surface area (Å²) in [5.74, 6) is -2.89. The Kier molecular flexibility index (Phi) is 5.67. The van der Waals surface area contributed by atoms with Crippen LogP contribution in [-0.2, 0) is 17.1 Å². The zero-order valence-electron chi connectivity index (χ0n) is 16.4. The highest BCUT2D eigenvalue weighted by molar-refractivity contribution is 7.89. The number of nitrogens with zero attached hydrogens (tertiary/aromatic N) is 3. The SMILES string of the molecule is Cn1cnc(S(=O)(=O)N2C[C@H](C(=O)c3cc(F)cc(Cl)c3)[C@@H](c3ccc(F)cc3)C2)c1. The molecule has 0 N–H and O–H groups in total. The summed E-state index contributed by atoms with van der Waals surface area (Å²) in [6, 6.07) is 9.07. The van der Waals surface area contributed by atoms with Crippen LogP contribution in [0.3, 0.4) is 0 Å². The quantitative estimate of drug-likeness (QED) is 0.539. The predicted molar refractivity (Wildman–Crippen MR) is 110 cm³/mol. The number of hydrogen-bond donors (Lipinski definition) is 0. The Bertz CT molecular complexity index is 1220. The fourth-order valence-electron chi connectivity index (χ4n) is 3.84. The Morgan fingerprint density at radius 1 is 1.10 bits per heavy atom. The smallest absolute Gasteiger partial charge is 0.262 e. The van der Waals surface area contributed by atoms with Crippen molar-refractivity contribution in [3.05, 3.63) is 82.8 Å². The van der Waals surface area contributed by atoms with Gasteiger partial charge in [0.25, 0.3) is 10.0 Å². The third-order valence-corrected chi connectivity index (χ3v) is 7.29. The normalized spacial score (nSPS) is 19.6. The molecule has 1 fully saturated rings. The Balaban J connectivity index is 1.73. The monoisotopic (exact) mass is 465 g/mol. The number of sulfonamides is 1. The van der Waals surface area contributed by atoms with Crippen LogP contribution in [0.15, 0.2) is 60.0 Å². The first-order chi connectivity index (χ1) is 14.6. The van der Waals surface area contributed by atoms with Gasteiger partial charge in [0.15, 0.2) is 10.8 Å². The van der Waals surface area contributed by atoms with Crippen LogP contribution in [-0.4, -0.2) is 41.1 Å². The van der Waals surface area contributed by atoms with E-state index in [1.807, 2.05) is 0 Å². The van der Waals surface area contributed by atoms with Crippen molar-refractivity contribution in [2.45, 2.75) is 10.9 Å². The molecule has 2 aromatic carbocycles. The zero-order valence-corrected chi connectivity index (χ0v) is 17.9. The predicted octanol–water partition coefficient (Wildman–Crippen LogP) is 3.64.